The third-order valence-corrected chi connectivity index (χ3v) is 7.33. The number of likely N-dealkylation sites (tertiary alicyclic amines) is 1. The molecule has 3 amide bonds. The van der Waals surface area contributed by atoms with E-state index >= 15 is 0 Å². The number of piperidine rings is 1. The summed E-state index contributed by atoms with van der Waals surface area (Å²) in [7, 11) is 0. The average molecular weight is 399 g/mol. The van der Waals surface area contributed by atoms with Crippen molar-refractivity contribution < 1.29 is 14.3 Å². The Morgan fingerprint density at radius 2 is 2.10 bits per heavy atom. The number of ether oxygens (including phenoxy) is 1. The Morgan fingerprint density at radius 3 is 2.79 bits per heavy atom. The highest BCUT2D eigenvalue weighted by Gasteiger charge is 2.55. The van der Waals surface area contributed by atoms with Gasteiger partial charge in [-0.2, -0.15) is 0 Å². The fourth-order valence-corrected chi connectivity index (χ4v) is 5.14. The lowest BCUT2D eigenvalue weighted by Gasteiger charge is -2.40. The van der Waals surface area contributed by atoms with Crippen LogP contribution >= 0.6 is 0 Å². The molecule has 1 atom stereocenters. The van der Waals surface area contributed by atoms with E-state index in [-0.39, 0.29) is 17.4 Å². The second kappa shape index (κ2) is 6.90. The van der Waals surface area contributed by atoms with Gasteiger partial charge >= 0.3 is 6.03 Å². The SMILES string of the molecule is CC1(CC(=O)N2CCC3(CC2)CC3CNC(=O)N2C=C3C=CNC=C3C2)COC1. The summed E-state index contributed by atoms with van der Waals surface area (Å²) in [5.41, 5.74) is 2.62. The van der Waals surface area contributed by atoms with Crippen LogP contribution in [0.2, 0.25) is 0 Å². The molecule has 0 bridgehead atoms. The molecule has 0 aromatic rings. The second-order valence-corrected chi connectivity index (χ2v) is 9.69. The molecule has 0 aromatic heterocycles. The van der Waals surface area contributed by atoms with E-state index in [9.17, 15) is 9.59 Å². The van der Waals surface area contributed by atoms with Gasteiger partial charge in [0, 0.05) is 50.1 Å². The van der Waals surface area contributed by atoms with E-state index in [1.165, 1.54) is 6.42 Å². The molecule has 7 nitrogen and oxygen atoms in total. The summed E-state index contributed by atoms with van der Waals surface area (Å²) < 4.78 is 5.27. The van der Waals surface area contributed by atoms with Gasteiger partial charge in [0.2, 0.25) is 5.91 Å². The van der Waals surface area contributed by atoms with Crippen LogP contribution in [0.15, 0.2) is 35.8 Å². The largest absolute Gasteiger partial charge is 0.380 e. The standard InChI is InChI=1S/C22H30N4O3/c1-21(14-29-15-21)9-19(27)25-6-3-22(4-7-25)8-18(22)11-24-20(28)26-12-16-2-5-23-10-17(16)13-26/h2,5,10,12,18,23H,3-4,6-9,11,13-15H2,1H3,(H,24,28). The molecule has 1 unspecified atom stereocenters. The van der Waals surface area contributed by atoms with Crippen LogP contribution in [-0.4, -0.2) is 61.1 Å². The van der Waals surface area contributed by atoms with Crippen molar-refractivity contribution in [3.8, 4) is 0 Å². The average Bonchev–Trinajstić information content (AvgIpc) is 3.17. The van der Waals surface area contributed by atoms with Crippen molar-refractivity contribution in [3.05, 3.63) is 35.8 Å². The monoisotopic (exact) mass is 398 g/mol. The zero-order valence-corrected chi connectivity index (χ0v) is 17.1. The number of hydrogen-bond donors (Lipinski definition) is 2. The Labute approximate surface area is 171 Å². The Kier molecular flexibility index (Phi) is 4.46. The smallest absolute Gasteiger partial charge is 0.321 e. The molecule has 1 spiro atoms. The Bertz CT molecular complexity index is 803. The number of hydrogen-bond acceptors (Lipinski definition) is 4. The molecule has 2 saturated heterocycles. The number of rotatable bonds is 4. The third kappa shape index (κ3) is 3.56. The number of amides is 3. The Balaban J connectivity index is 1.06. The fraction of sp³-hybridized carbons (Fsp3) is 0.636. The number of fused-ring (bicyclic) bond motifs is 1. The highest BCUT2D eigenvalue weighted by molar-refractivity contribution is 5.78. The molecular formula is C22H30N4O3. The number of carbonyl (C=O) groups is 2. The zero-order chi connectivity index (χ0) is 20.1. The first-order valence-corrected chi connectivity index (χ1v) is 10.7. The molecule has 156 valence electrons. The van der Waals surface area contributed by atoms with E-state index < -0.39 is 0 Å². The normalized spacial score (nSPS) is 28.1. The number of carbonyl (C=O) groups excluding carboxylic acids is 2. The van der Waals surface area contributed by atoms with E-state index in [2.05, 4.69) is 17.6 Å². The van der Waals surface area contributed by atoms with Crippen LogP contribution in [0.4, 0.5) is 4.79 Å². The molecule has 1 aliphatic carbocycles. The van der Waals surface area contributed by atoms with Gasteiger partial charge in [-0.05, 0) is 47.8 Å². The summed E-state index contributed by atoms with van der Waals surface area (Å²) in [4.78, 5) is 28.9. The second-order valence-electron chi connectivity index (χ2n) is 9.69. The van der Waals surface area contributed by atoms with Crippen LogP contribution < -0.4 is 10.6 Å². The van der Waals surface area contributed by atoms with Gasteiger partial charge < -0.3 is 20.3 Å². The van der Waals surface area contributed by atoms with Gasteiger partial charge in [0.1, 0.15) is 0 Å². The molecular weight excluding hydrogens is 368 g/mol. The lowest BCUT2D eigenvalue weighted by atomic mass is 9.83. The van der Waals surface area contributed by atoms with E-state index in [1.54, 1.807) is 4.90 Å². The van der Waals surface area contributed by atoms with E-state index in [1.807, 2.05) is 29.6 Å². The molecule has 1 saturated carbocycles. The predicted octanol–water partition coefficient (Wildman–Crippen LogP) is 1.95. The van der Waals surface area contributed by atoms with Crippen molar-refractivity contribution >= 4 is 11.9 Å². The molecule has 0 aromatic carbocycles. The molecule has 29 heavy (non-hydrogen) atoms. The maximum Gasteiger partial charge on any atom is 0.321 e. The minimum Gasteiger partial charge on any atom is -0.380 e. The number of nitrogens with one attached hydrogen (secondary N) is 2. The van der Waals surface area contributed by atoms with Crippen molar-refractivity contribution in [2.24, 2.45) is 16.7 Å². The van der Waals surface area contributed by atoms with Gasteiger partial charge in [-0.1, -0.05) is 6.92 Å². The summed E-state index contributed by atoms with van der Waals surface area (Å²) >= 11 is 0. The number of urea groups is 1. The highest BCUT2D eigenvalue weighted by Crippen LogP contribution is 2.59. The molecule has 7 heteroatoms. The minimum absolute atomic E-state index is 0.0215. The van der Waals surface area contributed by atoms with Crippen LogP contribution in [0.1, 0.15) is 32.6 Å². The molecule has 5 aliphatic rings. The quantitative estimate of drug-likeness (QED) is 0.759. The third-order valence-electron chi connectivity index (χ3n) is 7.33. The Morgan fingerprint density at radius 1 is 1.31 bits per heavy atom. The van der Waals surface area contributed by atoms with E-state index in [0.717, 1.165) is 43.6 Å². The Hall–Kier alpha value is -2.28. The first-order valence-electron chi connectivity index (χ1n) is 10.7. The summed E-state index contributed by atoms with van der Waals surface area (Å²) in [5.74, 6) is 0.817. The van der Waals surface area contributed by atoms with Crippen LogP contribution in [0, 0.1) is 16.7 Å². The van der Waals surface area contributed by atoms with Crippen molar-refractivity contribution in [3.63, 3.8) is 0 Å². The van der Waals surface area contributed by atoms with Gasteiger partial charge in [-0.25, -0.2) is 4.79 Å². The summed E-state index contributed by atoms with van der Waals surface area (Å²) in [6.07, 6.45) is 11.6. The lowest BCUT2D eigenvalue weighted by molar-refractivity contribution is -0.149. The number of dihydropyridines is 1. The highest BCUT2D eigenvalue weighted by atomic mass is 16.5. The molecule has 5 rings (SSSR count). The van der Waals surface area contributed by atoms with Crippen molar-refractivity contribution in [1.82, 2.24) is 20.4 Å². The van der Waals surface area contributed by atoms with Gasteiger partial charge in [0.15, 0.2) is 0 Å². The molecule has 0 radical (unpaired) electrons. The van der Waals surface area contributed by atoms with Crippen molar-refractivity contribution in [1.29, 1.82) is 0 Å². The lowest BCUT2D eigenvalue weighted by Crippen LogP contribution is -2.47. The maximum absolute atomic E-state index is 12.6. The summed E-state index contributed by atoms with van der Waals surface area (Å²) in [6, 6.07) is -0.0215. The zero-order valence-electron chi connectivity index (χ0n) is 17.1. The molecule has 4 aliphatic heterocycles. The molecule has 4 heterocycles. The van der Waals surface area contributed by atoms with Crippen LogP contribution in [0.25, 0.3) is 0 Å². The van der Waals surface area contributed by atoms with Gasteiger partial charge in [-0.3, -0.25) is 9.69 Å². The van der Waals surface area contributed by atoms with Crippen molar-refractivity contribution in [2.45, 2.75) is 32.6 Å². The molecule has 2 N–H and O–H groups in total. The first-order chi connectivity index (χ1) is 14.0. The molecule has 3 fully saturated rings. The van der Waals surface area contributed by atoms with Crippen LogP contribution in [0.3, 0.4) is 0 Å². The number of nitrogens with zero attached hydrogens (tertiary/aromatic N) is 2. The maximum atomic E-state index is 12.6. The predicted molar refractivity (Wildman–Crippen MR) is 108 cm³/mol. The summed E-state index contributed by atoms with van der Waals surface area (Å²) in [5, 5.41) is 6.19. The van der Waals surface area contributed by atoms with E-state index in [4.69, 9.17) is 4.74 Å². The van der Waals surface area contributed by atoms with Gasteiger partial charge in [0.25, 0.3) is 0 Å². The van der Waals surface area contributed by atoms with Crippen LogP contribution in [-0.2, 0) is 9.53 Å². The first kappa shape index (κ1) is 18.7. The topological polar surface area (TPSA) is 73.9 Å². The van der Waals surface area contributed by atoms with Gasteiger partial charge in [-0.15, -0.1) is 0 Å². The van der Waals surface area contributed by atoms with E-state index in [0.29, 0.717) is 37.5 Å². The minimum atomic E-state index is -0.0215. The van der Waals surface area contributed by atoms with Gasteiger partial charge in [0.05, 0.1) is 19.8 Å². The van der Waals surface area contributed by atoms with Crippen LogP contribution in [0.5, 0.6) is 0 Å². The van der Waals surface area contributed by atoms with Crippen molar-refractivity contribution in [2.75, 3.05) is 39.4 Å². The number of allylic oxidation sites excluding steroid dienone is 1. The summed E-state index contributed by atoms with van der Waals surface area (Å²) in [6.45, 7) is 6.60. The fourth-order valence-electron chi connectivity index (χ4n) is 5.14.